The summed E-state index contributed by atoms with van der Waals surface area (Å²) in [6.45, 7) is 0. The first-order valence-corrected chi connectivity index (χ1v) is 6.23. The van der Waals surface area contributed by atoms with Crippen molar-refractivity contribution in [2.45, 2.75) is 31.5 Å². The molecule has 1 aliphatic heterocycles. The number of aliphatic hydroxyl groups is 1. The number of carbonyl (C=O) groups is 2. The van der Waals surface area contributed by atoms with Crippen LogP contribution in [0, 0.1) is 0 Å². The zero-order valence-corrected chi connectivity index (χ0v) is 10.8. The van der Waals surface area contributed by atoms with Crippen LogP contribution in [0.15, 0.2) is 18.2 Å². The Bertz CT molecular complexity index is 572. The summed E-state index contributed by atoms with van der Waals surface area (Å²) in [6, 6.07) is 4.21. The van der Waals surface area contributed by atoms with E-state index in [-0.39, 0.29) is 17.7 Å². The number of anilines is 2. The molecule has 0 spiro atoms. The van der Waals surface area contributed by atoms with Crippen LogP contribution in [-0.2, 0) is 9.59 Å². The van der Waals surface area contributed by atoms with Gasteiger partial charge in [0.25, 0.3) is 0 Å². The third-order valence-electron chi connectivity index (χ3n) is 3.00. The van der Waals surface area contributed by atoms with Crippen LogP contribution in [0.3, 0.4) is 0 Å². The second-order valence-corrected chi connectivity index (χ2v) is 4.75. The lowest BCUT2D eigenvalue weighted by atomic mass is 10.0. The van der Waals surface area contributed by atoms with Crippen molar-refractivity contribution >= 4 is 23.2 Å². The Balaban J connectivity index is 2.16. The van der Waals surface area contributed by atoms with Crippen molar-refractivity contribution in [3.63, 3.8) is 0 Å². The summed E-state index contributed by atoms with van der Waals surface area (Å²) in [4.78, 5) is 22.8. The molecule has 2 rings (SSSR count). The fraction of sp³-hybridized carbons (Fsp3) is 0.385. The largest absolute Gasteiger partial charge is 0.389 e. The molecule has 0 aromatic heterocycles. The molecule has 2 amide bonds. The molecule has 1 unspecified atom stereocenters. The lowest BCUT2D eigenvalue weighted by Crippen LogP contribution is -2.16. The van der Waals surface area contributed by atoms with Crippen molar-refractivity contribution in [2.24, 2.45) is 0 Å². The van der Waals surface area contributed by atoms with Gasteiger partial charge in [0.15, 0.2) is 0 Å². The maximum Gasteiger partial charge on any atom is 0.389 e. The van der Waals surface area contributed by atoms with Crippen molar-refractivity contribution in [3.05, 3.63) is 23.8 Å². The van der Waals surface area contributed by atoms with Crippen LogP contribution < -0.4 is 10.6 Å². The van der Waals surface area contributed by atoms with E-state index in [1.807, 2.05) is 0 Å². The van der Waals surface area contributed by atoms with E-state index in [4.69, 9.17) is 0 Å². The summed E-state index contributed by atoms with van der Waals surface area (Å²) in [5.41, 5.74) is 0.849. The van der Waals surface area contributed by atoms with E-state index in [1.165, 1.54) is 18.2 Å². The van der Waals surface area contributed by atoms with Gasteiger partial charge in [0.05, 0.1) is 17.5 Å². The summed E-state index contributed by atoms with van der Waals surface area (Å²) in [6.07, 6.45) is -7.54. The van der Waals surface area contributed by atoms with Crippen LogP contribution in [0.1, 0.15) is 30.9 Å². The fourth-order valence-electron chi connectivity index (χ4n) is 1.98. The minimum Gasteiger partial charge on any atom is -0.388 e. The second kappa shape index (κ2) is 5.72. The number of carbonyl (C=O) groups excluding carboxylic acids is 2. The standard InChI is InChI=1S/C13H13F3N2O3/c14-13(15,16)4-3-10(19)7-1-2-8-9(5-7)18-12(21)6-11(20)17-8/h1-2,5,10,19H,3-4,6H2,(H,17,20)(H,18,21). The van der Waals surface area contributed by atoms with Crippen molar-refractivity contribution in [1.82, 2.24) is 0 Å². The van der Waals surface area contributed by atoms with E-state index in [0.717, 1.165) is 0 Å². The number of hydrogen-bond donors (Lipinski definition) is 3. The smallest absolute Gasteiger partial charge is 0.388 e. The summed E-state index contributed by atoms with van der Waals surface area (Å²) in [5, 5.41) is 14.7. The number of aliphatic hydroxyl groups excluding tert-OH is 1. The maximum atomic E-state index is 12.1. The van der Waals surface area contributed by atoms with Crippen molar-refractivity contribution < 1.29 is 27.9 Å². The predicted molar refractivity (Wildman–Crippen MR) is 68.6 cm³/mol. The highest BCUT2D eigenvalue weighted by Gasteiger charge is 2.28. The predicted octanol–water partition coefficient (Wildman–Crippen LogP) is 2.34. The third kappa shape index (κ3) is 4.19. The number of halogens is 3. The Labute approximate surface area is 118 Å². The first-order valence-electron chi connectivity index (χ1n) is 6.23. The van der Waals surface area contributed by atoms with Gasteiger partial charge in [0.1, 0.15) is 6.42 Å². The molecule has 1 aromatic carbocycles. The molecule has 5 nitrogen and oxygen atoms in total. The van der Waals surface area contributed by atoms with Crippen molar-refractivity contribution in [1.29, 1.82) is 0 Å². The molecule has 114 valence electrons. The lowest BCUT2D eigenvalue weighted by molar-refractivity contribution is -0.140. The zero-order chi connectivity index (χ0) is 15.6. The van der Waals surface area contributed by atoms with Crippen LogP contribution in [0.2, 0.25) is 0 Å². The molecule has 1 aliphatic rings. The molecule has 0 fully saturated rings. The van der Waals surface area contributed by atoms with Gasteiger partial charge in [-0.05, 0) is 24.1 Å². The molecule has 0 aliphatic carbocycles. The van der Waals surface area contributed by atoms with Gasteiger partial charge in [-0.15, -0.1) is 0 Å². The number of benzene rings is 1. The van der Waals surface area contributed by atoms with Gasteiger partial charge in [-0.25, -0.2) is 0 Å². The van der Waals surface area contributed by atoms with Crippen LogP contribution in [0.5, 0.6) is 0 Å². The van der Waals surface area contributed by atoms with Gasteiger partial charge in [0, 0.05) is 6.42 Å². The summed E-state index contributed by atoms with van der Waals surface area (Å²) in [5.74, 6) is -0.996. The molecule has 1 atom stereocenters. The molecule has 0 bridgehead atoms. The average Bonchev–Trinajstić information content (AvgIpc) is 2.50. The molecule has 3 N–H and O–H groups in total. The molecule has 1 aromatic rings. The van der Waals surface area contributed by atoms with Crippen LogP contribution >= 0.6 is 0 Å². The summed E-state index contributed by atoms with van der Waals surface area (Å²) >= 11 is 0. The van der Waals surface area contributed by atoms with Gasteiger partial charge in [0.2, 0.25) is 11.8 Å². The minimum atomic E-state index is -4.34. The molecular formula is C13H13F3N2O3. The Morgan fingerprint density at radius 2 is 1.76 bits per heavy atom. The van der Waals surface area contributed by atoms with E-state index in [0.29, 0.717) is 5.69 Å². The molecule has 0 radical (unpaired) electrons. The molecule has 8 heteroatoms. The van der Waals surface area contributed by atoms with E-state index in [2.05, 4.69) is 10.6 Å². The van der Waals surface area contributed by atoms with Gasteiger partial charge in [-0.1, -0.05) is 6.07 Å². The number of fused-ring (bicyclic) bond motifs is 1. The normalized spacial score (nSPS) is 16.6. The molecule has 0 saturated carbocycles. The molecular weight excluding hydrogens is 289 g/mol. The highest BCUT2D eigenvalue weighted by molar-refractivity contribution is 6.13. The summed E-state index contributed by atoms with van der Waals surface area (Å²) in [7, 11) is 0. The number of rotatable bonds is 3. The number of alkyl halides is 3. The maximum absolute atomic E-state index is 12.1. The first-order chi connectivity index (χ1) is 9.74. The Morgan fingerprint density at radius 1 is 1.14 bits per heavy atom. The van der Waals surface area contributed by atoms with Crippen molar-refractivity contribution in [2.75, 3.05) is 10.6 Å². The van der Waals surface area contributed by atoms with Crippen LogP contribution in [0.25, 0.3) is 0 Å². The van der Waals surface area contributed by atoms with Gasteiger partial charge in [-0.2, -0.15) is 13.2 Å². The topological polar surface area (TPSA) is 78.4 Å². The van der Waals surface area contributed by atoms with Gasteiger partial charge >= 0.3 is 6.18 Å². The van der Waals surface area contributed by atoms with E-state index in [1.54, 1.807) is 0 Å². The first kappa shape index (κ1) is 15.3. The van der Waals surface area contributed by atoms with Crippen molar-refractivity contribution in [3.8, 4) is 0 Å². The lowest BCUT2D eigenvalue weighted by Gasteiger charge is -2.15. The number of amides is 2. The third-order valence-corrected chi connectivity index (χ3v) is 3.00. The quantitative estimate of drug-likeness (QED) is 0.750. The molecule has 1 heterocycles. The van der Waals surface area contributed by atoms with E-state index < -0.39 is 36.9 Å². The monoisotopic (exact) mass is 302 g/mol. The highest BCUT2D eigenvalue weighted by atomic mass is 19.4. The fourth-order valence-corrected chi connectivity index (χ4v) is 1.98. The minimum absolute atomic E-state index is 0.245. The number of hydrogen-bond acceptors (Lipinski definition) is 3. The Hall–Kier alpha value is -2.09. The number of nitrogens with one attached hydrogen (secondary N) is 2. The molecule has 0 saturated heterocycles. The van der Waals surface area contributed by atoms with E-state index in [9.17, 15) is 27.9 Å². The van der Waals surface area contributed by atoms with Crippen LogP contribution in [0.4, 0.5) is 24.5 Å². The van der Waals surface area contributed by atoms with Crippen LogP contribution in [-0.4, -0.2) is 23.1 Å². The van der Waals surface area contributed by atoms with Gasteiger partial charge < -0.3 is 15.7 Å². The molecule has 21 heavy (non-hydrogen) atoms. The van der Waals surface area contributed by atoms with Gasteiger partial charge in [-0.3, -0.25) is 9.59 Å². The Kier molecular flexibility index (Phi) is 4.17. The SMILES string of the molecule is O=C1CC(=O)Nc2cc(C(O)CCC(F)(F)F)ccc2N1. The highest BCUT2D eigenvalue weighted by Crippen LogP contribution is 2.32. The average molecular weight is 302 g/mol. The summed E-state index contributed by atoms with van der Waals surface area (Å²) < 4.78 is 36.4. The zero-order valence-electron chi connectivity index (χ0n) is 10.8. The Morgan fingerprint density at radius 3 is 2.38 bits per heavy atom. The second-order valence-electron chi connectivity index (χ2n) is 4.75. The van der Waals surface area contributed by atoms with E-state index >= 15 is 0 Å².